The highest BCUT2D eigenvalue weighted by molar-refractivity contribution is 7.92. The van der Waals surface area contributed by atoms with E-state index in [-0.39, 0.29) is 5.25 Å². The molecule has 1 fully saturated rings. The second-order valence-electron chi connectivity index (χ2n) is 5.69. The number of rotatable bonds is 4. The number of nitrogens with zero attached hydrogens (tertiary/aromatic N) is 3. The lowest BCUT2D eigenvalue weighted by atomic mass is 10.2. The molecule has 21 heavy (non-hydrogen) atoms. The van der Waals surface area contributed by atoms with Gasteiger partial charge in [-0.05, 0) is 31.4 Å². The Balaban J connectivity index is 1.67. The highest BCUT2D eigenvalue weighted by Crippen LogP contribution is 2.19. The molecule has 3 rings (SSSR count). The first-order chi connectivity index (χ1) is 9.97. The molecule has 0 aromatic carbocycles. The van der Waals surface area contributed by atoms with Crippen LogP contribution in [0.15, 0.2) is 12.3 Å². The van der Waals surface area contributed by atoms with Crippen molar-refractivity contribution in [2.24, 2.45) is 7.05 Å². The lowest BCUT2D eigenvalue weighted by Crippen LogP contribution is -2.30. The van der Waals surface area contributed by atoms with Crippen molar-refractivity contribution in [1.82, 2.24) is 20.1 Å². The molecule has 1 saturated heterocycles. The number of nitrogens with one attached hydrogen (secondary N) is 1. The third-order valence-electron chi connectivity index (χ3n) is 4.08. The van der Waals surface area contributed by atoms with Crippen molar-refractivity contribution in [3.05, 3.63) is 23.5 Å². The molecule has 1 aliphatic heterocycles. The van der Waals surface area contributed by atoms with Crippen molar-refractivity contribution in [2.45, 2.75) is 31.6 Å². The van der Waals surface area contributed by atoms with Crippen molar-refractivity contribution in [3.63, 3.8) is 0 Å². The van der Waals surface area contributed by atoms with Gasteiger partial charge < -0.3 is 5.32 Å². The van der Waals surface area contributed by atoms with Crippen LogP contribution in [0.25, 0.3) is 11.0 Å². The molecular weight excluding hydrogens is 288 g/mol. The van der Waals surface area contributed by atoms with Crippen LogP contribution < -0.4 is 5.32 Å². The lowest BCUT2D eigenvalue weighted by molar-refractivity contribution is 0.574. The van der Waals surface area contributed by atoms with Crippen LogP contribution in [-0.4, -0.2) is 40.7 Å². The van der Waals surface area contributed by atoms with Gasteiger partial charge in [0.05, 0.1) is 16.7 Å². The van der Waals surface area contributed by atoms with Gasteiger partial charge >= 0.3 is 0 Å². The fourth-order valence-electron chi connectivity index (χ4n) is 2.91. The van der Waals surface area contributed by atoms with Crippen LogP contribution in [0, 0.1) is 6.92 Å². The number of hydrogen-bond acceptors (Lipinski definition) is 5. The molecule has 0 radical (unpaired) electrons. The third-order valence-corrected chi connectivity index (χ3v) is 6.36. The maximum Gasteiger partial charge on any atom is 0.157 e. The minimum absolute atomic E-state index is 0.227. The summed E-state index contributed by atoms with van der Waals surface area (Å²) < 4.78 is 25.3. The van der Waals surface area contributed by atoms with E-state index in [1.54, 1.807) is 4.68 Å². The normalized spacial score (nSPS) is 21.1. The zero-order valence-corrected chi connectivity index (χ0v) is 13.2. The predicted molar refractivity (Wildman–Crippen MR) is 81.8 cm³/mol. The van der Waals surface area contributed by atoms with Crippen LogP contribution in [0.3, 0.4) is 0 Å². The quantitative estimate of drug-likeness (QED) is 0.910. The van der Waals surface area contributed by atoms with Gasteiger partial charge in [-0.15, -0.1) is 0 Å². The largest absolute Gasteiger partial charge is 0.311 e. The van der Waals surface area contributed by atoms with E-state index in [9.17, 15) is 8.42 Å². The Morgan fingerprint density at radius 3 is 3.00 bits per heavy atom. The molecule has 1 atom stereocenters. The SMILES string of the molecule is Cc1nn(C)c2ncc(CNCC3CCCS3(=O)=O)cc12. The molecule has 7 heteroatoms. The summed E-state index contributed by atoms with van der Waals surface area (Å²) in [5.41, 5.74) is 2.88. The molecule has 114 valence electrons. The van der Waals surface area contributed by atoms with Crippen LogP contribution >= 0.6 is 0 Å². The van der Waals surface area contributed by atoms with Crippen molar-refractivity contribution < 1.29 is 8.42 Å². The molecule has 0 spiro atoms. The number of sulfone groups is 1. The molecule has 2 aromatic rings. The summed E-state index contributed by atoms with van der Waals surface area (Å²) in [7, 11) is -0.991. The van der Waals surface area contributed by atoms with Crippen molar-refractivity contribution >= 4 is 20.9 Å². The standard InChI is InChI=1S/C14H20N4O2S/c1-10-13-6-11(8-16-14(13)18(2)17-10)7-15-9-12-4-3-5-21(12,19)20/h6,8,12,15H,3-5,7,9H2,1-2H3. The smallest absolute Gasteiger partial charge is 0.157 e. The third kappa shape index (κ3) is 2.80. The van der Waals surface area contributed by atoms with Crippen LogP contribution in [0.1, 0.15) is 24.1 Å². The summed E-state index contributed by atoms with van der Waals surface area (Å²) in [4.78, 5) is 4.42. The number of fused-ring (bicyclic) bond motifs is 1. The van der Waals surface area contributed by atoms with E-state index >= 15 is 0 Å². The van der Waals surface area contributed by atoms with Gasteiger partial charge in [-0.3, -0.25) is 4.68 Å². The number of aromatic nitrogens is 3. The summed E-state index contributed by atoms with van der Waals surface area (Å²) in [5.74, 6) is 0.335. The Labute approximate surface area is 124 Å². The zero-order chi connectivity index (χ0) is 15.0. The maximum atomic E-state index is 11.8. The fourth-order valence-corrected chi connectivity index (χ4v) is 4.71. The summed E-state index contributed by atoms with van der Waals surface area (Å²) in [6.45, 7) is 3.11. The maximum absolute atomic E-state index is 11.8. The first-order valence-electron chi connectivity index (χ1n) is 7.18. The molecule has 1 unspecified atom stereocenters. The van der Waals surface area contributed by atoms with Gasteiger partial charge in [0, 0.05) is 31.7 Å². The second kappa shape index (κ2) is 5.38. The van der Waals surface area contributed by atoms with E-state index in [1.807, 2.05) is 20.2 Å². The summed E-state index contributed by atoms with van der Waals surface area (Å²) in [5, 5.41) is 8.41. The number of pyridine rings is 1. The summed E-state index contributed by atoms with van der Waals surface area (Å²) in [6, 6.07) is 2.07. The van der Waals surface area contributed by atoms with Crippen LogP contribution in [0.2, 0.25) is 0 Å². The minimum atomic E-state index is -2.87. The van der Waals surface area contributed by atoms with Crippen molar-refractivity contribution in [1.29, 1.82) is 0 Å². The topological polar surface area (TPSA) is 76.9 Å². The highest BCUT2D eigenvalue weighted by atomic mass is 32.2. The predicted octanol–water partition coefficient (Wildman–Crippen LogP) is 0.944. The monoisotopic (exact) mass is 308 g/mol. The molecule has 3 heterocycles. The molecule has 1 aliphatic rings. The molecule has 0 amide bonds. The van der Waals surface area contributed by atoms with E-state index < -0.39 is 9.84 Å². The molecular formula is C14H20N4O2S. The van der Waals surface area contributed by atoms with Gasteiger partial charge in [0.1, 0.15) is 0 Å². The van der Waals surface area contributed by atoms with Gasteiger partial charge in [0.2, 0.25) is 0 Å². The molecule has 0 saturated carbocycles. The van der Waals surface area contributed by atoms with E-state index in [2.05, 4.69) is 21.5 Å². The van der Waals surface area contributed by atoms with Crippen molar-refractivity contribution in [3.8, 4) is 0 Å². The van der Waals surface area contributed by atoms with Crippen LogP contribution in [-0.2, 0) is 23.4 Å². The minimum Gasteiger partial charge on any atom is -0.311 e. The average Bonchev–Trinajstić information content (AvgIpc) is 2.91. The summed E-state index contributed by atoms with van der Waals surface area (Å²) in [6.07, 6.45) is 3.38. The van der Waals surface area contributed by atoms with E-state index in [0.717, 1.165) is 35.1 Å². The Kier molecular flexibility index (Phi) is 3.71. The molecule has 0 bridgehead atoms. The molecule has 1 N–H and O–H groups in total. The Morgan fingerprint density at radius 1 is 1.48 bits per heavy atom. The molecule has 2 aromatic heterocycles. The van der Waals surface area contributed by atoms with Crippen LogP contribution in [0.5, 0.6) is 0 Å². The lowest BCUT2D eigenvalue weighted by Gasteiger charge is -2.10. The van der Waals surface area contributed by atoms with Gasteiger partial charge in [-0.1, -0.05) is 0 Å². The van der Waals surface area contributed by atoms with Gasteiger partial charge in [0.15, 0.2) is 15.5 Å². The van der Waals surface area contributed by atoms with E-state index in [4.69, 9.17) is 0 Å². The van der Waals surface area contributed by atoms with Crippen LogP contribution in [0.4, 0.5) is 0 Å². The Bertz CT molecular complexity index is 767. The zero-order valence-electron chi connectivity index (χ0n) is 12.3. The number of hydrogen-bond donors (Lipinski definition) is 1. The first kappa shape index (κ1) is 14.5. The average molecular weight is 308 g/mol. The van der Waals surface area contributed by atoms with Gasteiger partial charge in [0.25, 0.3) is 0 Å². The van der Waals surface area contributed by atoms with Gasteiger partial charge in [-0.25, -0.2) is 13.4 Å². The van der Waals surface area contributed by atoms with Gasteiger partial charge in [-0.2, -0.15) is 5.10 Å². The summed E-state index contributed by atoms with van der Waals surface area (Å²) >= 11 is 0. The van der Waals surface area contributed by atoms with E-state index in [1.165, 1.54) is 0 Å². The molecule has 6 nitrogen and oxygen atoms in total. The fraction of sp³-hybridized carbons (Fsp3) is 0.571. The first-order valence-corrected chi connectivity index (χ1v) is 8.89. The Hall–Kier alpha value is -1.47. The molecule has 0 aliphatic carbocycles. The van der Waals surface area contributed by atoms with E-state index in [0.29, 0.717) is 18.8 Å². The van der Waals surface area contributed by atoms with Crippen molar-refractivity contribution in [2.75, 3.05) is 12.3 Å². The highest BCUT2D eigenvalue weighted by Gasteiger charge is 2.30. The number of aryl methyl sites for hydroxylation is 2. The Morgan fingerprint density at radius 2 is 2.29 bits per heavy atom. The second-order valence-corrected chi connectivity index (χ2v) is 8.09.